The quantitative estimate of drug-likeness (QED) is 0.114. The van der Waals surface area contributed by atoms with Crippen molar-refractivity contribution in [3.8, 4) is 0 Å². The van der Waals surface area contributed by atoms with Gasteiger partial charge in [-0.15, -0.1) is 0 Å². The zero-order valence-electron chi connectivity index (χ0n) is 18.2. The molecule has 0 spiro atoms. The van der Waals surface area contributed by atoms with Crippen LogP contribution in [0.4, 0.5) is 0 Å². The number of carbonyl (C=O) groups excluding carboxylic acids is 3. The number of nitrogens with zero attached hydrogens (tertiary/aromatic N) is 2. The van der Waals surface area contributed by atoms with Gasteiger partial charge < -0.3 is 37.8 Å². The second-order valence-corrected chi connectivity index (χ2v) is 7.72. The molecule has 12 nitrogen and oxygen atoms in total. The van der Waals surface area contributed by atoms with Crippen molar-refractivity contribution >= 4 is 29.7 Å². The summed E-state index contributed by atoms with van der Waals surface area (Å²) in [5, 5.41) is 13.8. The molecule has 0 aromatic heterocycles. The highest BCUT2D eigenvalue weighted by Crippen LogP contribution is 2.20. The van der Waals surface area contributed by atoms with Crippen molar-refractivity contribution in [1.82, 2.24) is 15.5 Å². The van der Waals surface area contributed by atoms with E-state index in [1.54, 1.807) is 0 Å². The lowest BCUT2D eigenvalue weighted by molar-refractivity contribution is -0.143. The van der Waals surface area contributed by atoms with E-state index in [4.69, 9.17) is 22.3 Å². The first-order valence-electron chi connectivity index (χ1n) is 10.5. The smallest absolute Gasteiger partial charge is 0.322 e. The standard InChI is InChI=1S/C19H35N7O5/c1-3-11(2)15(20)17(30)25-12(6-4-8-23-19(21)22)18(31)26-9-5-7-13(26)16(29)24-10-14(27)28/h11-13,15H,3-10,20H2,1-2H3,(H,24,29)(H,25,30)(H,27,28)(H4,21,22,23). The first kappa shape index (κ1) is 26.1. The molecule has 3 amide bonds. The number of nitrogens with one attached hydrogen (secondary N) is 2. The fourth-order valence-electron chi connectivity index (χ4n) is 3.33. The SMILES string of the molecule is CCC(C)C(N)C(=O)NC(CCCN=C(N)N)C(=O)N1CCCC1C(=O)NCC(=O)O. The Hall–Kier alpha value is -2.89. The molecule has 12 heteroatoms. The summed E-state index contributed by atoms with van der Waals surface area (Å²) in [5.41, 5.74) is 16.6. The number of rotatable bonds is 12. The van der Waals surface area contributed by atoms with Crippen LogP contribution in [0.1, 0.15) is 46.0 Å². The van der Waals surface area contributed by atoms with E-state index in [2.05, 4.69) is 15.6 Å². The summed E-state index contributed by atoms with van der Waals surface area (Å²) in [6.45, 7) is 3.85. The highest BCUT2D eigenvalue weighted by Gasteiger charge is 2.38. The Bertz CT molecular complexity index is 681. The molecule has 0 saturated carbocycles. The summed E-state index contributed by atoms with van der Waals surface area (Å²) in [6, 6.07) is -2.46. The van der Waals surface area contributed by atoms with Crippen LogP contribution in [0.5, 0.6) is 0 Å². The van der Waals surface area contributed by atoms with Crippen LogP contribution < -0.4 is 27.8 Å². The molecule has 0 aliphatic carbocycles. The number of guanidine groups is 1. The topological polar surface area (TPSA) is 206 Å². The number of nitrogens with two attached hydrogens (primary N) is 3. The van der Waals surface area contributed by atoms with Crippen molar-refractivity contribution in [2.45, 2.75) is 64.1 Å². The van der Waals surface area contributed by atoms with Crippen molar-refractivity contribution in [1.29, 1.82) is 0 Å². The molecule has 0 aromatic carbocycles. The lowest BCUT2D eigenvalue weighted by Crippen LogP contribution is -2.56. The van der Waals surface area contributed by atoms with Crippen LogP contribution in [0.15, 0.2) is 4.99 Å². The molecule has 31 heavy (non-hydrogen) atoms. The molecule has 1 aliphatic heterocycles. The van der Waals surface area contributed by atoms with Gasteiger partial charge in [0.15, 0.2) is 5.96 Å². The first-order valence-corrected chi connectivity index (χ1v) is 10.5. The largest absolute Gasteiger partial charge is 0.480 e. The van der Waals surface area contributed by atoms with Gasteiger partial charge in [0, 0.05) is 13.1 Å². The normalized spacial score (nSPS) is 18.5. The average molecular weight is 442 g/mol. The maximum absolute atomic E-state index is 13.2. The number of hydrogen-bond donors (Lipinski definition) is 6. The Labute approximate surface area is 182 Å². The van der Waals surface area contributed by atoms with E-state index < -0.39 is 48.4 Å². The monoisotopic (exact) mass is 441 g/mol. The summed E-state index contributed by atoms with van der Waals surface area (Å²) in [4.78, 5) is 54.1. The maximum atomic E-state index is 13.2. The van der Waals surface area contributed by atoms with Gasteiger partial charge in [-0.3, -0.25) is 24.2 Å². The van der Waals surface area contributed by atoms with E-state index in [0.29, 0.717) is 32.2 Å². The van der Waals surface area contributed by atoms with E-state index in [0.717, 1.165) is 0 Å². The van der Waals surface area contributed by atoms with Gasteiger partial charge in [0.1, 0.15) is 18.6 Å². The number of carboxylic acid groups (broad SMARTS) is 1. The summed E-state index contributed by atoms with van der Waals surface area (Å²) in [5.74, 6) is -2.70. The molecule has 4 unspecified atom stereocenters. The lowest BCUT2D eigenvalue weighted by Gasteiger charge is -2.29. The number of aliphatic imine (C=N–C) groups is 1. The molecule has 1 rings (SSSR count). The first-order chi connectivity index (χ1) is 14.6. The number of likely N-dealkylation sites (tertiary alicyclic amines) is 1. The fourth-order valence-corrected chi connectivity index (χ4v) is 3.33. The average Bonchev–Trinajstić information content (AvgIpc) is 3.22. The maximum Gasteiger partial charge on any atom is 0.322 e. The molecule has 176 valence electrons. The number of carboxylic acids is 1. The number of carbonyl (C=O) groups is 4. The Morgan fingerprint density at radius 2 is 1.94 bits per heavy atom. The van der Waals surface area contributed by atoms with E-state index in [9.17, 15) is 19.2 Å². The summed E-state index contributed by atoms with van der Waals surface area (Å²) >= 11 is 0. The summed E-state index contributed by atoms with van der Waals surface area (Å²) in [7, 11) is 0. The van der Waals surface area contributed by atoms with E-state index in [-0.39, 0.29) is 24.8 Å². The minimum atomic E-state index is -1.17. The van der Waals surface area contributed by atoms with E-state index in [1.165, 1.54) is 4.90 Å². The number of amides is 3. The lowest BCUT2D eigenvalue weighted by atomic mass is 9.98. The fraction of sp³-hybridized carbons (Fsp3) is 0.737. The van der Waals surface area contributed by atoms with Gasteiger partial charge in [0.25, 0.3) is 0 Å². The zero-order chi connectivity index (χ0) is 23.6. The van der Waals surface area contributed by atoms with Gasteiger partial charge in [-0.25, -0.2) is 0 Å². The van der Waals surface area contributed by atoms with Gasteiger partial charge in [-0.05, 0) is 31.6 Å². The second kappa shape index (κ2) is 12.7. The van der Waals surface area contributed by atoms with E-state index >= 15 is 0 Å². The molecule has 4 atom stereocenters. The van der Waals surface area contributed by atoms with Crippen molar-refractivity contribution < 1.29 is 24.3 Å². The van der Waals surface area contributed by atoms with Gasteiger partial charge in [0.2, 0.25) is 17.7 Å². The van der Waals surface area contributed by atoms with Crippen molar-refractivity contribution in [2.24, 2.45) is 28.1 Å². The summed E-state index contributed by atoms with van der Waals surface area (Å²) < 4.78 is 0. The Kier molecular flexibility index (Phi) is 10.7. The highest BCUT2D eigenvalue weighted by molar-refractivity contribution is 5.94. The molecular formula is C19H35N7O5. The zero-order valence-corrected chi connectivity index (χ0v) is 18.2. The third kappa shape index (κ3) is 8.40. The van der Waals surface area contributed by atoms with Crippen molar-refractivity contribution in [2.75, 3.05) is 19.6 Å². The van der Waals surface area contributed by atoms with Crippen molar-refractivity contribution in [3.05, 3.63) is 0 Å². The minimum absolute atomic E-state index is 0.0691. The number of aliphatic carboxylic acids is 1. The van der Waals surface area contributed by atoms with Crippen LogP contribution in [-0.4, -0.2) is 77.4 Å². The van der Waals surface area contributed by atoms with Crippen LogP contribution in [0.25, 0.3) is 0 Å². The van der Waals surface area contributed by atoms with Crippen LogP contribution in [0.2, 0.25) is 0 Å². The number of hydrogen-bond acceptors (Lipinski definition) is 6. The van der Waals surface area contributed by atoms with Gasteiger partial charge in [-0.2, -0.15) is 0 Å². The third-order valence-electron chi connectivity index (χ3n) is 5.37. The second-order valence-electron chi connectivity index (χ2n) is 7.72. The van der Waals surface area contributed by atoms with Crippen LogP contribution in [0, 0.1) is 5.92 Å². The molecule has 1 heterocycles. The minimum Gasteiger partial charge on any atom is -0.480 e. The Morgan fingerprint density at radius 3 is 2.52 bits per heavy atom. The molecule has 1 saturated heterocycles. The summed E-state index contributed by atoms with van der Waals surface area (Å²) in [6.07, 6.45) is 2.40. The van der Waals surface area contributed by atoms with Gasteiger partial charge >= 0.3 is 5.97 Å². The molecular weight excluding hydrogens is 406 g/mol. The molecule has 1 aliphatic rings. The van der Waals surface area contributed by atoms with E-state index in [1.807, 2.05) is 13.8 Å². The van der Waals surface area contributed by atoms with Gasteiger partial charge in [-0.1, -0.05) is 20.3 Å². The molecule has 0 bridgehead atoms. The third-order valence-corrected chi connectivity index (χ3v) is 5.37. The highest BCUT2D eigenvalue weighted by atomic mass is 16.4. The van der Waals surface area contributed by atoms with Crippen molar-refractivity contribution in [3.63, 3.8) is 0 Å². The Morgan fingerprint density at radius 1 is 1.26 bits per heavy atom. The predicted molar refractivity (Wildman–Crippen MR) is 115 cm³/mol. The molecule has 1 fully saturated rings. The van der Waals surface area contributed by atoms with Gasteiger partial charge in [0.05, 0.1) is 6.04 Å². The molecule has 9 N–H and O–H groups in total. The van der Waals surface area contributed by atoms with Crippen LogP contribution >= 0.6 is 0 Å². The Balaban J connectivity index is 2.91. The molecule has 0 aromatic rings. The predicted octanol–water partition coefficient (Wildman–Crippen LogP) is -1.91. The molecule has 0 radical (unpaired) electrons. The van der Waals surface area contributed by atoms with Crippen LogP contribution in [0.3, 0.4) is 0 Å². The van der Waals surface area contributed by atoms with Crippen LogP contribution in [-0.2, 0) is 19.2 Å².